The lowest BCUT2D eigenvalue weighted by Crippen LogP contribution is -2.33. The van der Waals surface area contributed by atoms with Crippen molar-refractivity contribution in [3.8, 4) is 5.75 Å². The summed E-state index contributed by atoms with van der Waals surface area (Å²) in [7, 11) is 1.63. The Kier molecular flexibility index (Phi) is 7.94. The van der Waals surface area contributed by atoms with Crippen molar-refractivity contribution in [2.75, 3.05) is 34.3 Å². The highest BCUT2D eigenvalue weighted by Gasteiger charge is 2.27. The number of halogens is 2. The van der Waals surface area contributed by atoms with Crippen LogP contribution in [0.3, 0.4) is 0 Å². The van der Waals surface area contributed by atoms with Gasteiger partial charge in [-0.2, -0.15) is 4.31 Å². The normalized spacial score (nSPS) is 12.0. The summed E-state index contributed by atoms with van der Waals surface area (Å²) < 4.78 is 33.3. The van der Waals surface area contributed by atoms with Crippen LogP contribution in [0.1, 0.15) is 12.0 Å². The second kappa shape index (κ2) is 9.75. The molecule has 0 N–H and O–H groups in total. The van der Waals surface area contributed by atoms with Gasteiger partial charge in [0.2, 0.25) is 10.0 Å². The number of hydrogen-bond acceptors (Lipinski definition) is 4. The van der Waals surface area contributed by atoms with E-state index < -0.39 is 10.0 Å². The Morgan fingerprint density at radius 1 is 1.00 bits per heavy atom. The fraction of sp³-hybridized carbons (Fsp3) is 0.368. The molecule has 0 heterocycles. The molecule has 8 heteroatoms. The highest BCUT2D eigenvalue weighted by atomic mass is 35.5. The van der Waals surface area contributed by atoms with Gasteiger partial charge in [-0.1, -0.05) is 41.4 Å². The molecule has 0 bridgehead atoms. The quantitative estimate of drug-likeness (QED) is 0.599. The van der Waals surface area contributed by atoms with Gasteiger partial charge in [-0.3, -0.25) is 0 Å². The molecule has 0 radical (unpaired) electrons. The predicted octanol–water partition coefficient (Wildman–Crippen LogP) is 4.14. The molecule has 0 aliphatic heterocycles. The van der Waals surface area contributed by atoms with Crippen LogP contribution < -0.4 is 4.74 Å². The predicted molar refractivity (Wildman–Crippen MR) is 110 cm³/mol. The van der Waals surface area contributed by atoms with E-state index in [1.807, 2.05) is 19.0 Å². The lowest BCUT2D eigenvalue weighted by Gasteiger charge is -2.24. The molecule has 5 nitrogen and oxygen atoms in total. The van der Waals surface area contributed by atoms with Crippen molar-refractivity contribution in [3.05, 3.63) is 58.1 Å². The maximum Gasteiger partial charge on any atom is 0.247 e. The first-order chi connectivity index (χ1) is 12.8. The van der Waals surface area contributed by atoms with E-state index in [2.05, 4.69) is 0 Å². The van der Waals surface area contributed by atoms with E-state index in [1.54, 1.807) is 42.5 Å². The maximum atomic E-state index is 13.3. The first kappa shape index (κ1) is 22.0. The standard InChI is InChI=1S/C19H24Cl2N2O3S/c1-22(2)11-6-12-23(14-15-9-10-16(20)17(21)13-15)27(24,25)19-8-5-4-7-18(19)26-3/h4-5,7-10,13H,6,11-12,14H2,1-3H3. The molecule has 2 rings (SSSR count). The second-order valence-corrected chi connectivity index (χ2v) is 9.12. The van der Waals surface area contributed by atoms with Gasteiger partial charge in [-0.05, 0) is 56.9 Å². The molecule has 0 aliphatic carbocycles. The number of methoxy groups -OCH3 is 1. The van der Waals surface area contributed by atoms with Gasteiger partial charge in [0.15, 0.2) is 0 Å². The van der Waals surface area contributed by atoms with Crippen molar-refractivity contribution in [1.82, 2.24) is 9.21 Å². The molecule has 0 atom stereocenters. The summed E-state index contributed by atoms with van der Waals surface area (Å²) in [5.74, 6) is 0.323. The van der Waals surface area contributed by atoms with Gasteiger partial charge in [0.1, 0.15) is 10.6 Å². The monoisotopic (exact) mass is 430 g/mol. The lowest BCUT2D eigenvalue weighted by molar-refractivity contribution is 0.344. The smallest absolute Gasteiger partial charge is 0.247 e. The van der Waals surface area contributed by atoms with Gasteiger partial charge in [-0.25, -0.2) is 8.42 Å². The molecule has 0 spiro atoms. The van der Waals surface area contributed by atoms with Crippen molar-refractivity contribution in [3.63, 3.8) is 0 Å². The average molecular weight is 431 g/mol. The zero-order valence-electron chi connectivity index (χ0n) is 15.7. The van der Waals surface area contributed by atoms with E-state index >= 15 is 0 Å². The van der Waals surface area contributed by atoms with Gasteiger partial charge < -0.3 is 9.64 Å². The van der Waals surface area contributed by atoms with E-state index in [0.717, 1.165) is 12.1 Å². The fourth-order valence-corrected chi connectivity index (χ4v) is 4.60. The molecular formula is C19H24Cl2N2O3S. The van der Waals surface area contributed by atoms with E-state index in [0.29, 0.717) is 28.8 Å². The molecule has 0 aliphatic rings. The van der Waals surface area contributed by atoms with Gasteiger partial charge in [-0.15, -0.1) is 0 Å². The summed E-state index contributed by atoms with van der Waals surface area (Å²) in [4.78, 5) is 2.17. The molecule has 27 heavy (non-hydrogen) atoms. The van der Waals surface area contributed by atoms with Gasteiger partial charge in [0.25, 0.3) is 0 Å². The summed E-state index contributed by atoms with van der Waals surface area (Å²) in [5.41, 5.74) is 0.771. The molecule has 0 unspecified atom stereocenters. The van der Waals surface area contributed by atoms with Crippen molar-refractivity contribution in [2.24, 2.45) is 0 Å². The van der Waals surface area contributed by atoms with Crippen molar-refractivity contribution in [2.45, 2.75) is 17.9 Å². The average Bonchev–Trinajstić information content (AvgIpc) is 2.63. The van der Waals surface area contributed by atoms with Gasteiger partial charge >= 0.3 is 0 Å². The molecular weight excluding hydrogens is 407 g/mol. The van der Waals surface area contributed by atoms with E-state index in [-0.39, 0.29) is 11.4 Å². The fourth-order valence-electron chi connectivity index (χ4n) is 2.66. The SMILES string of the molecule is COc1ccccc1S(=O)(=O)N(CCCN(C)C)Cc1ccc(Cl)c(Cl)c1. The minimum absolute atomic E-state index is 0.150. The Labute approximate surface area is 171 Å². The third kappa shape index (κ3) is 5.83. The van der Waals surface area contributed by atoms with Crippen LogP contribution in [0.15, 0.2) is 47.4 Å². The van der Waals surface area contributed by atoms with Crippen molar-refractivity contribution >= 4 is 33.2 Å². The number of hydrogen-bond donors (Lipinski definition) is 0. The Balaban J connectivity index is 2.36. The molecule has 0 saturated carbocycles. The zero-order valence-corrected chi connectivity index (χ0v) is 18.0. The van der Waals surface area contributed by atoms with Crippen LogP contribution in [0.5, 0.6) is 5.75 Å². The summed E-state index contributed by atoms with van der Waals surface area (Å²) in [6.45, 7) is 1.35. The van der Waals surface area contributed by atoms with Crippen LogP contribution >= 0.6 is 23.2 Å². The number of nitrogens with zero attached hydrogens (tertiary/aromatic N) is 2. The maximum absolute atomic E-state index is 13.3. The Hall–Kier alpha value is -1.31. The Bertz CT molecular complexity index is 873. The Morgan fingerprint density at radius 3 is 2.33 bits per heavy atom. The zero-order chi connectivity index (χ0) is 20.0. The summed E-state index contributed by atoms with van der Waals surface area (Å²) in [6, 6.07) is 11.8. The summed E-state index contributed by atoms with van der Waals surface area (Å²) >= 11 is 12.1. The van der Waals surface area contributed by atoms with E-state index in [1.165, 1.54) is 11.4 Å². The summed E-state index contributed by atoms with van der Waals surface area (Å²) in [6.07, 6.45) is 0.697. The molecule has 0 fully saturated rings. The topological polar surface area (TPSA) is 49.9 Å². The molecule has 0 saturated heterocycles. The molecule has 0 amide bonds. The van der Waals surface area contributed by atoms with Gasteiger partial charge in [0, 0.05) is 13.1 Å². The third-order valence-electron chi connectivity index (χ3n) is 4.04. The lowest BCUT2D eigenvalue weighted by atomic mass is 10.2. The molecule has 0 aromatic heterocycles. The summed E-state index contributed by atoms with van der Waals surface area (Å²) in [5, 5.41) is 0.837. The Morgan fingerprint density at radius 2 is 1.70 bits per heavy atom. The van der Waals surface area contributed by atoms with Crippen LogP contribution in [0.25, 0.3) is 0 Å². The minimum Gasteiger partial charge on any atom is -0.495 e. The number of rotatable bonds is 9. The number of benzene rings is 2. The molecule has 2 aromatic rings. The minimum atomic E-state index is -3.75. The van der Waals surface area contributed by atoms with Crippen LogP contribution in [-0.2, 0) is 16.6 Å². The highest BCUT2D eigenvalue weighted by Crippen LogP contribution is 2.29. The second-order valence-electron chi connectivity index (χ2n) is 6.39. The van der Waals surface area contributed by atoms with Gasteiger partial charge in [0.05, 0.1) is 17.2 Å². The van der Waals surface area contributed by atoms with Crippen molar-refractivity contribution in [1.29, 1.82) is 0 Å². The largest absolute Gasteiger partial charge is 0.495 e. The number of sulfonamides is 1. The van der Waals surface area contributed by atoms with Crippen LogP contribution in [-0.4, -0.2) is 51.9 Å². The van der Waals surface area contributed by atoms with E-state index in [4.69, 9.17) is 27.9 Å². The number of ether oxygens (including phenoxy) is 1. The van der Waals surface area contributed by atoms with Crippen LogP contribution in [0.2, 0.25) is 10.0 Å². The number of para-hydroxylation sites is 1. The first-order valence-corrected chi connectivity index (χ1v) is 10.7. The van der Waals surface area contributed by atoms with Crippen LogP contribution in [0.4, 0.5) is 0 Å². The van der Waals surface area contributed by atoms with E-state index in [9.17, 15) is 8.42 Å². The molecule has 148 valence electrons. The molecule has 2 aromatic carbocycles. The van der Waals surface area contributed by atoms with Crippen molar-refractivity contribution < 1.29 is 13.2 Å². The third-order valence-corrected chi connectivity index (χ3v) is 6.67. The first-order valence-electron chi connectivity index (χ1n) is 8.47. The highest BCUT2D eigenvalue weighted by molar-refractivity contribution is 7.89. The van der Waals surface area contributed by atoms with Crippen LogP contribution in [0, 0.1) is 0 Å².